The summed E-state index contributed by atoms with van der Waals surface area (Å²) in [6.45, 7) is 0. The minimum atomic E-state index is 0.0309. The number of carbonyl (C=O) groups excluding carboxylic acids is 1. The van der Waals surface area contributed by atoms with Crippen LogP contribution in [0, 0.1) is 5.92 Å². The molecule has 28 heavy (non-hydrogen) atoms. The zero-order chi connectivity index (χ0) is 19.2. The van der Waals surface area contributed by atoms with Gasteiger partial charge in [0, 0.05) is 11.8 Å². The number of carbonyl (C=O) groups is 1. The van der Waals surface area contributed by atoms with Gasteiger partial charge in [-0.3, -0.25) is 9.78 Å². The zero-order valence-corrected chi connectivity index (χ0v) is 16.4. The lowest BCUT2D eigenvalue weighted by Crippen LogP contribution is -2.12. The van der Waals surface area contributed by atoms with Gasteiger partial charge >= 0.3 is 0 Å². The van der Waals surface area contributed by atoms with E-state index in [2.05, 4.69) is 34.6 Å². The average molecular weight is 373 g/mol. The van der Waals surface area contributed by atoms with E-state index in [0.29, 0.717) is 6.42 Å². The average Bonchev–Trinajstić information content (AvgIpc) is 2.74. The Balaban J connectivity index is 1.27. The van der Waals surface area contributed by atoms with Gasteiger partial charge in [0.15, 0.2) is 0 Å². The quantitative estimate of drug-likeness (QED) is 0.583. The van der Waals surface area contributed by atoms with Gasteiger partial charge in [-0.25, -0.2) is 0 Å². The van der Waals surface area contributed by atoms with Gasteiger partial charge in [-0.05, 0) is 42.0 Å². The molecule has 0 atom stereocenters. The molecule has 0 bridgehead atoms. The minimum absolute atomic E-state index is 0.0309. The highest BCUT2D eigenvalue weighted by atomic mass is 16.1. The lowest BCUT2D eigenvalue weighted by Gasteiger charge is -2.21. The lowest BCUT2D eigenvalue weighted by molar-refractivity contribution is -0.116. The molecule has 0 aliphatic heterocycles. The first kappa shape index (κ1) is 18.7. The number of pyridine rings is 1. The number of aromatic nitrogens is 1. The summed E-state index contributed by atoms with van der Waals surface area (Å²) >= 11 is 0. The number of hydrogen-bond donors (Lipinski definition) is 1. The van der Waals surface area contributed by atoms with Gasteiger partial charge in [-0.2, -0.15) is 0 Å². The first-order valence-electron chi connectivity index (χ1n) is 10.5. The normalized spacial score (nSPS) is 14.9. The number of para-hydroxylation sites is 1. The Morgan fingerprint density at radius 1 is 0.964 bits per heavy atom. The van der Waals surface area contributed by atoms with Crippen LogP contribution in [0.15, 0.2) is 60.8 Å². The van der Waals surface area contributed by atoms with Crippen molar-refractivity contribution in [3.8, 4) is 0 Å². The maximum Gasteiger partial charge on any atom is 0.224 e. The largest absolute Gasteiger partial charge is 0.325 e. The van der Waals surface area contributed by atoms with E-state index in [-0.39, 0.29) is 5.91 Å². The number of benzene rings is 2. The van der Waals surface area contributed by atoms with Crippen LogP contribution < -0.4 is 5.32 Å². The number of aryl methyl sites for hydroxylation is 1. The third-order valence-corrected chi connectivity index (χ3v) is 5.79. The Morgan fingerprint density at radius 2 is 1.71 bits per heavy atom. The summed E-state index contributed by atoms with van der Waals surface area (Å²) < 4.78 is 0. The van der Waals surface area contributed by atoms with Crippen molar-refractivity contribution in [2.45, 2.75) is 51.4 Å². The van der Waals surface area contributed by atoms with E-state index in [9.17, 15) is 4.79 Å². The van der Waals surface area contributed by atoms with E-state index in [1.807, 2.05) is 30.3 Å². The Labute approximate surface area is 167 Å². The smallest absolute Gasteiger partial charge is 0.224 e. The summed E-state index contributed by atoms with van der Waals surface area (Å²) in [6.07, 6.45) is 11.1. The molecule has 1 fully saturated rings. The number of nitrogens with zero attached hydrogens (tertiary/aromatic N) is 1. The van der Waals surface area contributed by atoms with Crippen LogP contribution in [-0.4, -0.2) is 10.9 Å². The highest BCUT2D eigenvalue weighted by Gasteiger charge is 2.13. The van der Waals surface area contributed by atoms with Crippen LogP contribution in [0.5, 0.6) is 0 Å². The molecule has 1 aliphatic rings. The monoisotopic (exact) mass is 372 g/mol. The van der Waals surface area contributed by atoms with Crippen LogP contribution in [0.1, 0.15) is 49.7 Å². The van der Waals surface area contributed by atoms with Crippen molar-refractivity contribution in [1.29, 1.82) is 0 Å². The predicted molar refractivity (Wildman–Crippen MR) is 115 cm³/mol. The molecule has 1 saturated carbocycles. The summed E-state index contributed by atoms with van der Waals surface area (Å²) in [4.78, 5) is 16.7. The predicted octanol–water partition coefficient (Wildman–Crippen LogP) is 5.93. The fourth-order valence-electron chi connectivity index (χ4n) is 4.19. The zero-order valence-electron chi connectivity index (χ0n) is 16.4. The molecule has 0 saturated heterocycles. The molecule has 1 amide bonds. The van der Waals surface area contributed by atoms with Crippen LogP contribution in [0.2, 0.25) is 0 Å². The van der Waals surface area contributed by atoms with Gasteiger partial charge in [0.2, 0.25) is 5.91 Å². The Bertz CT molecular complexity index is 927. The van der Waals surface area contributed by atoms with Gasteiger partial charge in [0.1, 0.15) is 0 Å². The Kier molecular flexibility index (Phi) is 6.01. The number of fused-ring (bicyclic) bond motifs is 1. The fourth-order valence-corrected chi connectivity index (χ4v) is 4.19. The topological polar surface area (TPSA) is 42.0 Å². The first-order chi connectivity index (χ1) is 13.8. The molecule has 1 heterocycles. The Hall–Kier alpha value is -2.68. The second-order valence-electron chi connectivity index (χ2n) is 7.99. The van der Waals surface area contributed by atoms with E-state index in [1.54, 1.807) is 6.20 Å². The molecule has 3 aromatic rings. The minimum Gasteiger partial charge on any atom is -0.325 e. The SMILES string of the molecule is O=C(CCc1ccc(CC2CCCCC2)cc1)Nc1cnc2ccccc2c1. The molecule has 2 aromatic carbocycles. The standard InChI is InChI=1S/C25H28N2O/c28-25(27-23-17-22-8-4-5-9-24(22)26-18-23)15-14-19-10-12-21(13-11-19)16-20-6-2-1-3-7-20/h4-5,8-13,17-18,20H,1-3,6-7,14-16H2,(H,27,28). The molecule has 3 heteroatoms. The van der Waals surface area contributed by atoms with Crippen LogP contribution in [0.4, 0.5) is 5.69 Å². The van der Waals surface area contributed by atoms with Gasteiger partial charge in [0.05, 0.1) is 17.4 Å². The molecular weight excluding hydrogens is 344 g/mol. The summed E-state index contributed by atoms with van der Waals surface area (Å²) in [6, 6.07) is 18.8. The van der Waals surface area contributed by atoms with Crippen molar-refractivity contribution in [2.75, 3.05) is 5.32 Å². The molecule has 144 valence electrons. The Morgan fingerprint density at radius 3 is 2.54 bits per heavy atom. The molecule has 4 rings (SSSR count). The van der Waals surface area contributed by atoms with Crippen molar-refractivity contribution in [3.63, 3.8) is 0 Å². The summed E-state index contributed by atoms with van der Waals surface area (Å²) in [5, 5.41) is 4.00. The maximum atomic E-state index is 12.3. The van der Waals surface area contributed by atoms with Crippen molar-refractivity contribution in [1.82, 2.24) is 4.98 Å². The molecular formula is C25H28N2O. The van der Waals surface area contributed by atoms with Crippen molar-refractivity contribution in [3.05, 3.63) is 71.9 Å². The third kappa shape index (κ3) is 4.98. The van der Waals surface area contributed by atoms with Gasteiger partial charge < -0.3 is 5.32 Å². The van der Waals surface area contributed by atoms with Gasteiger partial charge in [-0.15, -0.1) is 0 Å². The van der Waals surface area contributed by atoms with Crippen LogP contribution in [0.3, 0.4) is 0 Å². The number of amides is 1. The van der Waals surface area contributed by atoms with Crippen LogP contribution >= 0.6 is 0 Å². The second-order valence-corrected chi connectivity index (χ2v) is 7.99. The van der Waals surface area contributed by atoms with Gasteiger partial charge in [-0.1, -0.05) is 74.6 Å². The van der Waals surface area contributed by atoms with E-state index in [4.69, 9.17) is 0 Å². The number of nitrogens with one attached hydrogen (secondary N) is 1. The third-order valence-electron chi connectivity index (χ3n) is 5.79. The van der Waals surface area contributed by atoms with Crippen LogP contribution in [-0.2, 0) is 17.6 Å². The maximum absolute atomic E-state index is 12.3. The highest BCUT2D eigenvalue weighted by molar-refractivity contribution is 5.93. The van der Waals surface area contributed by atoms with Crippen LogP contribution in [0.25, 0.3) is 10.9 Å². The molecule has 0 unspecified atom stereocenters. The highest BCUT2D eigenvalue weighted by Crippen LogP contribution is 2.27. The van der Waals surface area contributed by atoms with Crippen molar-refractivity contribution >= 4 is 22.5 Å². The van der Waals surface area contributed by atoms with Crippen molar-refractivity contribution in [2.24, 2.45) is 5.92 Å². The molecule has 0 spiro atoms. The molecule has 1 aromatic heterocycles. The lowest BCUT2D eigenvalue weighted by atomic mass is 9.85. The molecule has 3 nitrogen and oxygen atoms in total. The van der Waals surface area contributed by atoms with E-state index in [0.717, 1.165) is 28.9 Å². The van der Waals surface area contributed by atoms with Gasteiger partial charge in [0.25, 0.3) is 0 Å². The first-order valence-corrected chi connectivity index (χ1v) is 10.5. The van der Waals surface area contributed by atoms with E-state index in [1.165, 1.54) is 49.7 Å². The molecule has 1 aliphatic carbocycles. The second kappa shape index (κ2) is 9.01. The summed E-state index contributed by atoms with van der Waals surface area (Å²) in [5.41, 5.74) is 4.35. The number of anilines is 1. The number of hydrogen-bond acceptors (Lipinski definition) is 2. The van der Waals surface area contributed by atoms with E-state index >= 15 is 0 Å². The van der Waals surface area contributed by atoms with E-state index < -0.39 is 0 Å². The summed E-state index contributed by atoms with van der Waals surface area (Å²) in [7, 11) is 0. The molecule has 0 radical (unpaired) electrons. The fraction of sp³-hybridized carbons (Fsp3) is 0.360. The van der Waals surface area contributed by atoms with Crippen molar-refractivity contribution < 1.29 is 4.79 Å². The molecule has 1 N–H and O–H groups in total. The summed E-state index contributed by atoms with van der Waals surface area (Å²) in [5.74, 6) is 0.893. The number of rotatable bonds is 6.